The molecule has 1 amide bonds. The van der Waals surface area contributed by atoms with Crippen molar-refractivity contribution < 1.29 is 9.18 Å². The number of benzene rings is 1. The second kappa shape index (κ2) is 3.83. The first-order chi connectivity index (χ1) is 8.63. The topological polar surface area (TPSA) is 59.0 Å². The monoisotopic (exact) mass is 246 g/mol. The minimum atomic E-state index is -0.583. The van der Waals surface area contributed by atoms with E-state index in [1.54, 1.807) is 30.2 Å². The number of hydrogen-bond acceptors (Lipinski definition) is 3. The van der Waals surface area contributed by atoms with E-state index in [1.807, 2.05) is 0 Å². The van der Waals surface area contributed by atoms with E-state index in [4.69, 9.17) is 0 Å². The van der Waals surface area contributed by atoms with Crippen LogP contribution in [-0.4, -0.2) is 15.7 Å². The molecule has 0 spiro atoms. The Kier molecular flexibility index (Phi) is 2.29. The summed E-state index contributed by atoms with van der Waals surface area (Å²) in [4.78, 5) is 11.8. The van der Waals surface area contributed by atoms with Crippen LogP contribution in [-0.2, 0) is 11.8 Å². The zero-order valence-corrected chi connectivity index (χ0v) is 9.64. The number of fused-ring (bicyclic) bond motifs is 1. The molecule has 2 aromatic rings. The predicted octanol–water partition coefficient (Wildman–Crippen LogP) is 1.66. The maximum Gasteiger partial charge on any atom is 0.251 e. The molecule has 18 heavy (non-hydrogen) atoms. The van der Waals surface area contributed by atoms with Crippen LogP contribution in [0.4, 0.5) is 15.8 Å². The summed E-state index contributed by atoms with van der Waals surface area (Å²) in [6.07, 6.45) is 3.37. The van der Waals surface area contributed by atoms with Gasteiger partial charge < -0.3 is 10.6 Å². The Labute approximate surface area is 103 Å². The van der Waals surface area contributed by atoms with Crippen LogP contribution < -0.4 is 10.6 Å². The van der Waals surface area contributed by atoms with Crippen LogP contribution in [0.25, 0.3) is 0 Å². The van der Waals surface area contributed by atoms with E-state index >= 15 is 0 Å². The first kappa shape index (κ1) is 10.8. The molecule has 3 rings (SSSR count). The Bertz CT molecular complexity index is 622. The van der Waals surface area contributed by atoms with Gasteiger partial charge in [0.2, 0.25) is 0 Å². The van der Waals surface area contributed by atoms with E-state index in [0.717, 1.165) is 5.69 Å². The summed E-state index contributed by atoms with van der Waals surface area (Å²) in [6, 6.07) is 3.67. The van der Waals surface area contributed by atoms with Crippen LogP contribution in [0.2, 0.25) is 0 Å². The Morgan fingerprint density at radius 2 is 2.33 bits per heavy atom. The third-order valence-electron chi connectivity index (χ3n) is 2.86. The Balaban J connectivity index is 1.93. The number of anilines is 2. The molecular weight excluding hydrogens is 235 g/mol. The fourth-order valence-corrected chi connectivity index (χ4v) is 2.04. The van der Waals surface area contributed by atoms with E-state index in [2.05, 4.69) is 15.7 Å². The van der Waals surface area contributed by atoms with Gasteiger partial charge in [0.25, 0.3) is 5.91 Å². The van der Waals surface area contributed by atoms with E-state index in [9.17, 15) is 9.18 Å². The summed E-state index contributed by atoms with van der Waals surface area (Å²) in [5, 5.41) is 9.74. The molecule has 2 heterocycles. The van der Waals surface area contributed by atoms with Crippen molar-refractivity contribution in [3.05, 3.63) is 42.0 Å². The largest absolute Gasteiger partial charge is 0.367 e. The molecule has 0 radical (unpaired) electrons. The summed E-state index contributed by atoms with van der Waals surface area (Å²) in [5.74, 6) is -0.553. The van der Waals surface area contributed by atoms with Crippen LogP contribution in [0.3, 0.4) is 0 Å². The molecule has 1 atom stereocenters. The molecule has 1 aromatic carbocycles. The third-order valence-corrected chi connectivity index (χ3v) is 2.86. The molecule has 92 valence electrons. The molecule has 1 aromatic heterocycles. The first-order valence-electron chi connectivity index (χ1n) is 5.49. The van der Waals surface area contributed by atoms with Gasteiger partial charge in [-0.25, -0.2) is 4.39 Å². The summed E-state index contributed by atoms with van der Waals surface area (Å²) in [7, 11) is 1.79. The van der Waals surface area contributed by atoms with Crippen molar-refractivity contribution in [1.82, 2.24) is 9.78 Å². The van der Waals surface area contributed by atoms with Crippen LogP contribution in [0.15, 0.2) is 30.6 Å². The van der Waals surface area contributed by atoms with Gasteiger partial charge in [0, 0.05) is 24.5 Å². The molecule has 0 bridgehead atoms. The smallest absolute Gasteiger partial charge is 0.251 e. The van der Waals surface area contributed by atoms with Crippen molar-refractivity contribution >= 4 is 17.3 Å². The van der Waals surface area contributed by atoms with Gasteiger partial charge in [0.05, 0.1) is 11.9 Å². The Hall–Kier alpha value is -2.37. The molecule has 0 saturated carbocycles. The average molecular weight is 246 g/mol. The molecule has 0 fully saturated rings. The van der Waals surface area contributed by atoms with Gasteiger partial charge in [0.1, 0.15) is 11.9 Å². The molecule has 6 heteroatoms. The number of aromatic nitrogens is 2. The lowest BCUT2D eigenvalue weighted by molar-refractivity contribution is -0.116. The molecule has 2 N–H and O–H groups in total. The van der Waals surface area contributed by atoms with Gasteiger partial charge in [-0.2, -0.15) is 5.10 Å². The van der Waals surface area contributed by atoms with Gasteiger partial charge in [-0.05, 0) is 18.2 Å². The number of nitrogens with one attached hydrogen (secondary N) is 2. The van der Waals surface area contributed by atoms with Gasteiger partial charge in [0.15, 0.2) is 0 Å². The van der Waals surface area contributed by atoms with Gasteiger partial charge in [-0.1, -0.05) is 0 Å². The SMILES string of the molecule is Cn1cc(NC2C(=O)Nc3ccc(F)cc32)cn1. The number of carbonyl (C=O) groups is 1. The highest BCUT2D eigenvalue weighted by Crippen LogP contribution is 2.33. The van der Waals surface area contributed by atoms with E-state index in [-0.39, 0.29) is 11.7 Å². The molecule has 1 aliphatic heterocycles. The number of nitrogens with zero attached hydrogens (tertiary/aromatic N) is 2. The summed E-state index contributed by atoms with van der Waals surface area (Å²) >= 11 is 0. The van der Waals surface area contributed by atoms with Gasteiger partial charge in [-0.3, -0.25) is 9.48 Å². The average Bonchev–Trinajstić information content (AvgIpc) is 2.86. The van der Waals surface area contributed by atoms with E-state index < -0.39 is 6.04 Å². The fraction of sp³-hybridized carbons (Fsp3) is 0.167. The van der Waals surface area contributed by atoms with Gasteiger partial charge >= 0.3 is 0 Å². The summed E-state index contributed by atoms with van der Waals surface area (Å²) < 4.78 is 14.8. The van der Waals surface area contributed by atoms with E-state index in [1.165, 1.54) is 12.1 Å². The predicted molar refractivity (Wildman–Crippen MR) is 64.6 cm³/mol. The zero-order chi connectivity index (χ0) is 12.7. The van der Waals surface area contributed by atoms with Crippen molar-refractivity contribution in [3.8, 4) is 0 Å². The number of amides is 1. The van der Waals surface area contributed by atoms with Crippen LogP contribution in [0, 0.1) is 5.82 Å². The fourth-order valence-electron chi connectivity index (χ4n) is 2.04. The van der Waals surface area contributed by atoms with Gasteiger partial charge in [-0.15, -0.1) is 0 Å². The van der Waals surface area contributed by atoms with Crippen molar-refractivity contribution in [1.29, 1.82) is 0 Å². The number of hydrogen-bond donors (Lipinski definition) is 2. The Morgan fingerprint density at radius 1 is 1.50 bits per heavy atom. The molecule has 1 aliphatic rings. The zero-order valence-electron chi connectivity index (χ0n) is 9.64. The second-order valence-corrected chi connectivity index (χ2v) is 4.20. The number of halogens is 1. The lowest BCUT2D eigenvalue weighted by Crippen LogP contribution is -2.19. The molecule has 0 aliphatic carbocycles. The van der Waals surface area contributed by atoms with Crippen molar-refractivity contribution in [2.45, 2.75) is 6.04 Å². The quantitative estimate of drug-likeness (QED) is 0.847. The van der Waals surface area contributed by atoms with Crippen molar-refractivity contribution in [2.24, 2.45) is 7.05 Å². The molecule has 0 saturated heterocycles. The lowest BCUT2D eigenvalue weighted by atomic mass is 10.1. The van der Waals surface area contributed by atoms with Crippen LogP contribution in [0.5, 0.6) is 0 Å². The third kappa shape index (κ3) is 1.71. The normalized spacial score (nSPS) is 17.4. The maximum absolute atomic E-state index is 13.2. The molecule has 5 nitrogen and oxygen atoms in total. The summed E-state index contributed by atoms with van der Waals surface area (Å²) in [5.41, 5.74) is 1.97. The second-order valence-electron chi connectivity index (χ2n) is 4.20. The van der Waals surface area contributed by atoms with E-state index in [0.29, 0.717) is 11.3 Å². The van der Waals surface area contributed by atoms with Crippen LogP contribution in [0.1, 0.15) is 11.6 Å². The highest BCUT2D eigenvalue weighted by Gasteiger charge is 2.30. The number of carbonyl (C=O) groups excluding carboxylic acids is 1. The molecule has 1 unspecified atom stereocenters. The summed E-state index contributed by atoms with van der Waals surface area (Å²) in [6.45, 7) is 0. The van der Waals surface area contributed by atoms with Crippen molar-refractivity contribution in [2.75, 3.05) is 10.6 Å². The molecular formula is C12H11FN4O. The lowest BCUT2D eigenvalue weighted by Gasteiger charge is -2.10. The maximum atomic E-state index is 13.2. The standard InChI is InChI=1S/C12H11FN4O/c1-17-6-8(5-14-17)15-11-9-4-7(13)2-3-10(9)16-12(11)18/h2-6,11,15H,1H3,(H,16,18). The number of rotatable bonds is 2. The highest BCUT2D eigenvalue weighted by atomic mass is 19.1. The minimum Gasteiger partial charge on any atom is -0.367 e. The van der Waals surface area contributed by atoms with Crippen LogP contribution >= 0.6 is 0 Å². The highest BCUT2D eigenvalue weighted by molar-refractivity contribution is 6.04. The first-order valence-corrected chi connectivity index (χ1v) is 5.49. The Morgan fingerprint density at radius 3 is 3.06 bits per heavy atom. The minimum absolute atomic E-state index is 0.195. The van der Waals surface area contributed by atoms with Crippen molar-refractivity contribution in [3.63, 3.8) is 0 Å². The number of aryl methyl sites for hydroxylation is 1.